The molecule has 1 aromatic rings. The molecule has 0 unspecified atom stereocenters. The first kappa shape index (κ1) is 11.1. The average molecular weight is 231 g/mol. The van der Waals surface area contributed by atoms with Gasteiger partial charge in [0, 0.05) is 30.9 Å². The van der Waals surface area contributed by atoms with Crippen molar-refractivity contribution in [1.82, 2.24) is 14.9 Å². The molecule has 92 valence electrons. The molecule has 0 spiro atoms. The molecule has 2 fully saturated rings. The number of aromatic nitrogens is 2. The number of likely N-dealkylation sites (tertiary alicyclic amines) is 1. The van der Waals surface area contributed by atoms with Crippen molar-refractivity contribution in [3.63, 3.8) is 0 Å². The lowest BCUT2D eigenvalue weighted by molar-refractivity contribution is 0.198. The standard InChI is InChI=1S/C14H21N3/c1-11-15-7-6-14(16-11)13-3-2-8-17(10-13)9-12-4-5-12/h6-7,12-13H,2-5,8-10H2,1H3/t13-/m0/s1. The molecule has 3 nitrogen and oxygen atoms in total. The number of hydrogen-bond acceptors (Lipinski definition) is 3. The Labute approximate surface area is 103 Å². The lowest BCUT2D eigenvalue weighted by Crippen LogP contribution is -2.36. The fourth-order valence-corrected chi connectivity index (χ4v) is 2.83. The van der Waals surface area contributed by atoms with E-state index in [0.29, 0.717) is 5.92 Å². The van der Waals surface area contributed by atoms with E-state index < -0.39 is 0 Å². The molecule has 1 atom stereocenters. The molecule has 0 amide bonds. The van der Waals surface area contributed by atoms with Crippen LogP contribution < -0.4 is 0 Å². The summed E-state index contributed by atoms with van der Waals surface area (Å²) >= 11 is 0. The summed E-state index contributed by atoms with van der Waals surface area (Å²) in [7, 11) is 0. The van der Waals surface area contributed by atoms with E-state index in [1.807, 2.05) is 13.1 Å². The highest BCUT2D eigenvalue weighted by molar-refractivity contribution is 5.10. The Morgan fingerprint density at radius 3 is 3.00 bits per heavy atom. The molecule has 2 aliphatic rings. The van der Waals surface area contributed by atoms with Gasteiger partial charge >= 0.3 is 0 Å². The van der Waals surface area contributed by atoms with Crippen molar-refractivity contribution < 1.29 is 0 Å². The maximum atomic E-state index is 4.59. The van der Waals surface area contributed by atoms with Gasteiger partial charge in [0.2, 0.25) is 0 Å². The van der Waals surface area contributed by atoms with Crippen LogP contribution in [0.4, 0.5) is 0 Å². The molecule has 17 heavy (non-hydrogen) atoms. The van der Waals surface area contributed by atoms with Gasteiger partial charge in [-0.2, -0.15) is 0 Å². The third kappa shape index (κ3) is 2.83. The zero-order valence-corrected chi connectivity index (χ0v) is 10.6. The minimum Gasteiger partial charge on any atom is -0.302 e. The molecule has 0 N–H and O–H groups in total. The van der Waals surface area contributed by atoms with Crippen LogP contribution in [-0.4, -0.2) is 34.5 Å². The molecular formula is C14H21N3. The first-order valence-electron chi connectivity index (χ1n) is 6.83. The van der Waals surface area contributed by atoms with E-state index >= 15 is 0 Å². The lowest BCUT2D eigenvalue weighted by Gasteiger charge is -2.32. The zero-order chi connectivity index (χ0) is 11.7. The number of nitrogens with zero attached hydrogens (tertiary/aromatic N) is 3. The van der Waals surface area contributed by atoms with Gasteiger partial charge in [-0.05, 0) is 51.1 Å². The van der Waals surface area contributed by atoms with E-state index in [0.717, 1.165) is 11.7 Å². The van der Waals surface area contributed by atoms with Crippen LogP contribution in [0.5, 0.6) is 0 Å². The molecule has 1 saturated heterocycles. The Kier molecular flexibility index (Phi) is 3.10. The minimum absolute atomic E-state index is 0.629. The number of piperidine rings is 1. The Morgan fingerprint density at radius 2 is 2.24 bits per heavy atom. The quantitative estimate of drug-likeness (QED) is 0.799. The van der Waals surface area contributed by atoms with Crippen molar-refractivity contribution in [1.29, 1.82) is 0 Å². The van der Waals surface area contributed by atoms with E-state index in [2.05, 4.69) is 20.9 Å². The van der Waals surface area contributed by atoms with Crippen molar-refractivity contribution in [2.75, 3.05) is 19.6 Å². The molecule has 1 aromatic heterocycles. The predicted molar refractivity (Wildman–Crippen MR) is 67.9 cm³/mol. The van der Waals surface area contributed by atoms with E-state index in [9.17, 15) is 0 Å². The van der Waals surface area contributed by atoms with E-state index in [1.54, 1.807) is 0 Å². The SMILES string of the molecule is Cc1nccc([C@H]2CCCN(CC3CC3)C2)n1. The highest BCUT2D eigenvalue weighted by Gasteiger charge is 2.28. The number of aryl methyl sites for hydroxylation is 1. The van der Waals surface area contributed by atoms with Gasteiger partial charge in [0.05, 0.1) is 0 Å². The summed E-state index contributed by atoms with van der Waals surface area (Å²) in [6.45, 7) is 5.79. The second-order valence-electron chi connectivity index (χ2n) is 5.57. The van der Waals surface area contributed by atoms with Crippen LogP contribution in [-0.2, 0) is 0 Å². The molecule has 3 heteroatoms. The van der Waals surface area contributed by atoms with Gasteiger partial charge in [-0.25, -0.2) is 9.97 Å². The highest BCUT2D eigenvalue weighted by atomic mass is 15.1. The summed E-state index contributed by atoms with van der Waals surface area (Å²) in [5.41, 5.74) is 1.25. The average Bonchev–Trinajstić information content (AvgIpc) is 3.13. The Morgan fingerprint density at radius 1 is 1.35 bits per heavy atom. The van der Waals surface area contributed by atoms with Crippen molar-refractivity contribution >= 4 is 0 Å². The van der Waals surface area contributed by atoms with Gasteiger partial charge in [-0.15, -0.1) is 0 Å². The zero-order valence-electron chi connectivity index (χ0n) is 10.6. The van der Waals surface area contributed by atoms with Gasteiger partial charge < -0.3 is 4.90 Å². The topological polar surface area (TPSA) is 29.0 Å². The smallest absolute Gasteiger partial charge is 0.125 e. The Balaban J connectivity index is 1.65. The van der Waals surface area contributed by atoms with Crippen molar-refractivity contribution in [3.05, 3.63) is 23.8 Å². The fourth-order valence-electron chi connectivity index (χ4n) is 2.83. The maximum absolute atomic E-state index is 4.59. The molecular weight excluding hydrogens is 210 g/mol. The van der Waals surface area contributed by atoms with Crippen molar-refractivity contribution in [3.8, 4) is 0 Å². The van der Waals surface area contributed by atoms with E-state index in [4.69, 9.17) is 0 Å². The Bertz CT molecular complexity index is 387. The van der Waals surface area contributed by atoms with Crippen molar-refractivity contribution in [2.45, 2.75) is 38.5 Å². The largest absolute Gasteiger partial charge is 0.302 e. The van der Waals surface area contributed by atoms with Crippen LogP contribution in [0.3, 0.4) is 0 Å². The summed E-state index contributed by atoms with van der Waals surface area (Å²) in [5, 5.41) is 0. The molecule has 1 saturated carbocycles. The van der Waals surface area contributed by atoms with Crippen molar-refractivity contribution in [2.24, 2.45) is 5.92 Å². The molecule has 2 heterocycles. The lowest BCUT2D eigenvalue weighted by atomic mass is 9.94. The van der Waals surface area contributed by atoms with Crippen LogP contribution in [0, 0.1) is 12.8 Å². The summed E-state index contributed by atoms with van der Waals surface area (Å²) in [6, 6.07) is 2.10. The first-order valence-corrected chi connectivity index (χ1v) is 6.83. The van der Waals surface area contributed by atoms with Crippen LogP contribution in [0.1, 0.15) is 43.1 Å². The summed E-state index contributed by atoms with van der Waals surface area (Å²) in [5.74, 6) is 2.53. The monoisotopic (exact) mass is 231 g/mol. The van der Waals surface area contributed by atoms with Gasteiger partial charge in [0.1, 0.15) is 5.82 Å². The minimum atomic E-state index is 0.629. The number of rotatable bonds is 3. The predicted octanol–water partition coefficient (Wildman–Crippen LogP) is 2.37. The van der Waals surface area contributed by atoms with E-state index in [-0.39, 0.29) is 0 Å². The normalized spacial score (nSPS) is 26.1. The molecule has 0 bridgehead atoms. The van der Waals surface area contributed by atoms with Gasteiger partial charge in [0.25, 0.3) is 0 Å². The molecule has 0 radical (unpaired) electrons. The second kappa shape index (κ2) is 4.73. The van der Waals surface area contributed by atoms with Crippen LogP contribution in [0.25, 0.3) is 0 Å². The third-order valence-corrected chi connectivity index (χ3v) is 3.93. The van der Waals surface area contributed by atoms with Crippen LogP contribution in [0.2, 0.25) is 0 Å². The maximum Gasteiger partial charge on any atom is 0.125 e. The van der Waals surface area contributed by atoms with E-state index in [1.165, 1.54) is 51.0 Å². The fraction of sp³-hybridized carbons (Fsp3) is 0.714. The number of hydrogen-bond donors (Lipinski definition) is 0. The first-order chi connectivity index (χ1) is 8.31. The molecule has 3 rings (SSSR count). The van der Waals surface area contributed by atoms with Gasteiger partial charge in [-0.1, -0.05) is 0 Å². The summed E-state index contributed by atoms with van der Waals surface area (Å²) < 4.78 is 0. The summed E-state index contributed by atoms with van der Waals surface area (Å²) in [4.78, 5) is 11.4. The van der Waals surface area contributed by atoms with Crippen LogP contribution in [0.15, 0.2) is 12.3 Å². The highest BCUT2D eigenvalue weighted by Crippen LogP contribution is 2.32. The van der Waals surface area contributed by atoms with Gasteiger partial charge in [0.15, 0.2) is 0 Å². The second-order valence-corrected chi connectivity index (χ2v) is 5.57. The summed E-state index contributed by atoms with van der Waals surface area (Å²) in [6.07, 6.45) is 7.41. The molecule has 0 aromatic carbocycles. The van der Waals surface area contributed by atoms with Crippen LogP contribution >= 0.6 is 0 Å². The van der Waals surface area contributed by atoms with Gasteiger partial charge in [-0.3, -0.25) is 0 Å². The molecule has 1 aliphatic heterocycles. The molecule has 1 aliphatic carbocycles. The third-order valence-electron chi connectivity index (χ3n) is 3.93. The Hall–Kier alpha value is -0.960.